The Kier molecular flexibility index (Phi) is 5.17. The molecule has 2 aromatic carbocycles. The van der Waals surface area contributed by atoms with Gasteiger partial charge in [-0.3, -0.25) is 0 Å². The molecule has 0 spiro atoms. The predicted octanol–water partition coefficient (Wildman–Crippen LogP) is 2.65. The van der Waals surface area contributed by atoms with E-state index in [4.69, 9.17) is 10.2 Å². The molecule has 2 rings (SSSR count). The van der Waals surface area contributed by atoms with E-state index in [-0.39, 0.29) is 22.3 Å². The number of carboxylic acids is 4. The Balaban J connectivity index is 2.60. The fourth-order valence-corrected chi connectivity index (χ4v) is 2.33. The summed E-state index contributed by atoms with van der Waals surface area (Å²) in [5.41, 5.74) is -1.13. The number of aromatic carboxylic acids is 4. The summed E-state index contributed by atoms with van der Waals surface area (Å²) in [7, 11) is 0. The van der Waals surface area contributed by atoms with Crippen LogP contribution in [0.15, 0.2) is 36.4 Å². The van der Waals surface area contributed by atoms with E-state index in [1.165, 1.54) is 24.3 Å². The minimum absolute atomic E-state index is 0.0365. The van der Waals surface area contributed by atoms with Crippen molar-refractivity contribution < 1.29 is 39.6 Å². The molecule has 0 fully saturated rings. The molecule has 8 heteroatoms. The van der Waals surface area contributed by atoms with E-state index in [0.717, 1.165) is 24.3 Å². The van der Waals surface area contributed by atoms with Crippen molar-refractivity contribution in [3.05, 3.63) is 69.8 Å². The first kappa shape index (κ1) is 18.4. The topological polar surface area (TPSA) is 149 Å². The van der Waals surface area contributed by atoms with Gasteiger partial charge in [0.2, 0.25) is 0 Å². The van der Waals surface area contributed by atoms with Gasteiger partial charge in [-0.15, -0.1) is 0 Å². The SMILES string of the molecule is O=C(O)c1ccc(C(=O)O)c(C=Cc2cccc(C(=O)O)c2C(=O)O)c1. The Bertz CT molecular complexity index is 952. The second kappa shape index (κ2) is 7.31. The van der Waals surface area contributed by atoms with Gasteiger partial charge in [0.25, 0.3) is 0 Å². The molecule has 0 radical (unpaired) electrons. The summed E-state index contributed by atoms with van der Waals surface area (Å²) in [6.07, 6.45) is 2.45. The summed E-state index contributed by atoms with van der Waals surface area (Å²) in [5, 5.41) is 36.6. The molecule has 0 aromatic heterocycles. The molecule has 0 amide bonds. The van der Waals surface area contributed by atoms with Crippen LogP contribution in [0.4, 0.5) is 0 Å². The third-order valence-electron chi connectivity index (χ3n) is 3.51. The van der Waals surface area contributed by atoms with Gasteiger partial charge in [0.1, 0.15) is 0 Å². The van der Waals surface area contributed by atoms with Crippen LogP contribution in [0.25, 0.3) is 12.2 Å². The number of hydrogen-bond donors (Lipinski definition) is 4. The molecule has 0 aliphatic heterocycles. The number of hydrogen-bond acceptors (Lipinski definition) is 4. The molecule has 0 atom stereocenters. The first-order valence-corrected chi connectivity index (χ1v) is 7.10. The third-order valence-corrected chi connectivity index (χ3v) is 3.51. The maximum Gasteiger partial charge on any atom is 0.337 e. The largest absolute Gasteiger partial charge is 0.478 e. The zero-order chi connectivity index (χ0) is 19.4. The molecule has 4 N–H and O–H groups in total. The fourth-order valence-electron chi connectivity index (χ4n) is 2.33. The first-order chi connectivity index (χ1) is 12.2. The smallest absolute Gasteiger partial charge is 0.337 e. The van der Waals surface area contributed by atoms with Gasteiger partial charge in [0.15, 0.2) is 0 Å². The van der Waals surface area contributed by atoms with Crippen LogP contribution in [0.1, 0.15) is 52.6 Å². The summed E-state index contributed by atoms with van der Waals surface area (Å²) in [6.45, 7) is 0. The predicted molar refractivity (Wildman–Crippen MR) is 89.6 cm³/mol. The minimum Gasteiger partial charge on any atom is -0.478 e. The average molecular weight is 356 g/mol. The van der Waals surface area contributed by atoms with Crippen LogP contribution >= 0.6 is 0 Å². The van der Waals surface area contributed by atoms with Gasteiger partial charge in [-0.1, -0.05) is 24.3 Å². The van der Waals surface area contributed by atoms with Crippen LogP contribution in [-0.4, -0.2) is 44.3 Å². The zero-order valence-electron chi connectivity index (χ0n) is 13.0. The van der Waals surface area contributed by atoms with Crippen molar-refractivity contribution in [2.45, 2.75) is 0 Å². The normalized spacial score (nSPS) is 10.6. The third kappa shape index (κ3) is 3.75. The van der Waals surface area contributed by atoms with Crippen molar-refractivity contribution in [3.8, 4) is 0 Å². The molecule has 2 aromatic rings. The fraction of sp³-hybridized carbons (Fsp3) is 0. The first-order valence-electron chi connectivity index (χ1n) is 7.10. The lowest BCUT2D eigenvalue weighted by molar-refractivity contribution is 0.0651. The van der Waals surface area contributed by atoms with Crippen LogP contribution < -0.4 is 0 Å². The Morgan fingerprint density at radius 3 is 1.81 bits per heavy atom. The lowest BCUT2D eigenvalue weighted by Gasteiger charge is -2.06. The van der Waals surface area contributed by atoms with E-state index >= 15 is 0 Å². The minimum atomic E-state index is -1.46. The van der Waals surface area contributed by atoms with E-state index < -0.39 is 35.0 Å². The Morgan fingerprint density at radius 2 is 1.27 bits per heavy atom. The van der Waals surface area contributed by atoms with Gasteiger partial charge in [-0.2, -0.15) is 0 Å². The maximum atomic E-state index is 11.4. The highest BCUT2D eigenvalue weighted by Crippen LogP contribution is 2.20. The van der Waals surface area contributed by atoms with E-state index in [9.17, 15) is 29.4 Å². The zero-order valence-corrected chi connectivity index (χ0v) is 13.0. The van der Waals surface area contributed by atoms with Gasteiger partial charge < -0.3 is 20.4 Å². The monoisotopic (exact) mass is 356 g/mol. The summed E-state index contributed by atoms with van der Waals surface area (Å²) in [6, 6.07) is 7.23. The molecule has 0 bridgehead atoms. The average Bonchev–Trinajstić information content (AvgIpc) is 2.58. The molecule has 26 heavy (non-hydrogen) atoms. The van der Waals surface area contributed by atoms with E-state index in [1.807, 2.05) is 0 Å². The molecule has 0 aliphatic rings. The second-order valence-electron chi connectivity index (χ2n) is 5.13. The van der Waals surface area contributed by atoms with Crippen molar-refractivity contribution in [1.29, 1.82) is 0 Å². The van der Waals surface area contributed by atoms with Crippen LogP contribution in [-0.2, 0) is 0 Å². The molecular weight excluding hydrogens is 344 g/mol. The molecule has 8 nitrogen and oxygen atoms in total. The quantitative estimate of drug-likeness (QED) is 0.577. The molecule has 0 aliphatic carbocycles. The van der Waals surface area contributed by atoms with E-state index in [2.05, 4.69) is 0 Å². The number of benzene rings is 2. The maximum absolute atomic E-state index is 11.4. The van der Waals surface area contributed by atoms with Crippen molar-refractivity contribution in [2.24, 2.45) is 0 Å². The van der Waals surface area contributed by atoms with Gasteiger partial charge in [0.05, 0.1) is 22.3 Å². The lowest BCUT2D eigenvalue weighted by Crippen LogP contribution is -2.09. The van der Waals surface area contributed by atoms with Crippen LogP contribution in [0.5, 0.6) is 0 Å². The van der Waals surface area contributed by atoms with Crippen LogP contribution in [0.2, 0.25) is 0 Å². The van der Waals surface area contributed by atoms with Crippen molar-refractivity contribution in [2.75, 3.05) is 0 Å². The highest BCUT2D eigenvalue weighted by atomic mass is 16.4. The molecular formula is C18H12O8. The van der Waals surface area contributed by atoms with Gasteiger partial charge in [-0.25, -0.2) is 19.2 Å². The molecule has 0 saturated carbocycles. The summed E-state index contributed by atoms with van der Waals surface area (Å²) < 4.78 is 0. The van der Waals surface area contributed by atoms with E-state index in [0.29, 0.717) is 0 Å². The molecule has 0 saturated heterocycles. The lowest BCUT2D eigenvalue weighted by atomic mass is 9.98. The summed E-state index contributed by atoms with van der Waals surface area (Å²) >= 11 is 0. The second-order valence-corrected chi connectivity index (χ2v) is 5.13. The Labute approximate surface area is 146 Å². The summed E-state index contributed by atoms with van der Waals surface area (Å²) in [5.74, 6) is -5.42. The van der Waals surface area contributed by atoms with E-state index in [1.54, 1.807) is 0 Å². The Hall–Kier alpha value is -3.94. The number of rotatable bonds is 6. The van der Waals surface area contributed by atoms with Crippen molar-refractivity contribution in [1.82, 2.24) is 0 Å². The van der Waals surface area contributed by atoms with Gasteiger partial charge in [0, 0.05) is 0 Å². The van der Waals surface area contributed by atoms with Crippen molar-refractivity contribution in [3.63, 3.8) is 0 Å². The van der Waals surface area contributed by atoms with Gasteiger partial charge in [-0.05, 0) is 35.4 Å². The molecule has 0 heterocycles. The van der Waals surface area contributed by atoms with Crippen LogP contribution in [0, 0.1) is 0 Å². The number of carboxylic acid groups (broad SMARTS) is 4. The van der Waals surface area contributed by atoms with Crippen molar-refractivity contribution >= 4 is 36.0 Å². The Morgan fingerprint density at radius 1 is 0.654 bits per heavy atom. The summed E-state index contributed by atoms with van der Waals surface area (Å²) in [4.78, 5) is 44.9. The number of carbonyl (C=O) groups is 4. The molecule has 132 valence electrons. The molecule has 0 unspecified atom stereocenters. The van der Waals surface area contributed by atoms with Gasteiger partial charge >= 0.3 is 23.9 Å². The highest BCUT2D eigenvalue weighted by molar-refractivity contribution is 6.05. The standard InChI is InChI=1S/C18H12O8/c19-15(20)11-6-7-12(16(21)22)10(8-11)5-4-9-2-1-3-13(17(23)24)14(9)18(25)26/h1-8H,(H,19,20)(H,21,22)(H,23,24)(H,25,26). The van der Waals surface area contributed by atoms with Crippen LogP contribution in [0.3, 0.4) is 0 Å². The highest BCUT2D eigenvalue weighted by Gasteiger charge is 2.19.